The number of amides is 3. The van der Waals surface area contributed by atoms with Gasteiger partial charge in [0.25, 0.3) is 5.91 Å². The molecule has 3 amide bonds. The van der Waals surface area contributed by atoms with Crippen LogP contribution in [0.1, 0.15) is 12.5 Å². The van der Waals surface area contributed by atoms with Crippen molar-refractivity contribution in [1.82, 2.24) is 4.90 Å². The number of hydrogen-bond donors (Lipinski definition) is 2. The van der Waals surface area contributed by atoms with Gasteiger partial charge in [0.1, 0.15) is 11.8 Å². The third-order valence-electron chi connectivity index (χ3n) is 5.62. The lowest BCUT2D eigenvalue weighted by Crippen LogP contribution is -2.98. The van der Waals surface area contributed by atoms with E-state index in [1.54, 1.807) is 18.2 Å². The summed E-state index contributed by atoms with van der Waals surface area (Å²) in [5.41, 5.74) is 0.0757. The fourth-order valence-electron chi connectivity index (χ4n) is 4.59. The van der Waals surface area contributed by atoms with Crippen LogP contribution in [0.15, 0.2) is 18.2 Å². The maximum Gasteiger partial charge on any atom is 0.291 e. The van der Waals surface area contributed by atoms with Gasteiger partial charge in [-0.2, -0.15) is 0 Å². The van der Waals surface area contributed by atoms with Crippen LogP contribution in [0.2, 0.25) is 5.02 Å². The highest BCUT2D eigenvalue weighted by Crippen LogP contribution is 2.50. The van der Waals surface area contributed by atoms with Crippen molar-refractivity contribution in [3.8, 4) is 0 Å². The number of likely N-dealkylation sites (tertiary alicyclic amines) is 1. The molecule has 25 heavy (non-hydrogen) atoms. The summed E-state index contributed by atoms with van der Waals surface area (Å²) in [5, 5.41) is 5.10. The number of nitrogens with one attached hydrogen (secondary N) is 1. The van der Waals surface area contributed by atoms with E-state index < -0.39 is 17.4 Å². The average molecular weight is 365 g/mol. The lowest BCUT2D eigenvalue weighted by atomic mass is 9.76. The fourth-order valence-corrected chi connectivity index (χ4v) is 4.82. The first-order chi connectivity index (χ1) is 11.9. The van der Waals surface area contributed by atoms with Crippen LogP contribution in [-0.2, 0) is 24.7 Å². The zero-order chi connectivity index (χ0) is 17.9. The summed E-state index contributed by atoms with van der Waals surface area (Å²) in [6.45, 7) is 2.36. The Kier molecular flexibility index (Phi) is 3.64. The van der Waals surface area contributed by atoms with Crippen LogP contribution in [0.5, 0.6) is 0 Å². The monoisotopic (exact) mass is 364 g/mol. The maximum atomic E-state index is 13.1. The molecule has 0 aromatic heterocycles. The van der Waals surface area contributed by atoms with E-state index >= 15 is 0 Å². The minimum atomic E-state index is -1.14. The van der Waals surface area contributed by atoms with E-state index in [0.29, 0.717) is 16.3 Å². The molecular weight excluding hydrogens is 346 g/mol. The number of ether oxygens (including phenoxy) is 1. The summed E-state index contributed by atoms with van der Waals surface area (Å²) in [4.78, 5) is 40.1. The molecule has 1 aromatic rings. The third kappa shape index (κ3) is 1.97. The van der Waals surface area contributed by atoms with Gasteiger partial charge in [-0.3, -0.25) is 19.3 Å². The average Bonchev–Trinajstić information content (AvgIpc) is 3.13. The molecule has 1 spiro atoms. The largest absolute Gasteiger partial charge is 0.383 e. The van der Waals surface area contributed by atoms with Gasteiger partial charge in [0.05, 0.1) is 29.9 Å². The molecule has 0 aliphatic carbocycles. The van der Waals surface area contributed by atoms with E-state index in [1.165, 1.54) is 12.0 Å². The highest BCUT2D eigenvalue weighted by Gasteiger charge is 2.73. The highest BCUT2D eigenvalue weighted by molar-refractivity contribution is 6.35. The molecule has 0 saturated carbocycles. The van der Waals surface area contributed by atoms with Crippen LogP contribution < -0.4 is 10.6 Å². The Labute approximate surface area is 149 Å². The number of carbonyl (C=O) groups is 3. The van der Waals surface area contributed by atoms with Crippen molar-refractivity contribution in [2.75, 3.05) is 25.6 Å². The molecule has 3 heterocycles. The molecule has 2 fully saturated rings. The van der Waals surface area contributed by atoms with E-state index in [2.05, 4.69) is 5.32 Å². The third-order valence-corrected chi connectivity index (χ3v) is 5.93. The van der Waals surface area contributed by atoms with Crippen LogP contribution in [0.3, 0.4) is 0 Å². The minimum Gasteiger partial charge on any atom is -0.383 e. The van der Waals surface area contributed by atoms with Gasteiger partial charge in [-0.05, 0) is 19.1 Å². The van der Waals surface area contributed by atoms with Crippen LogP contribution in [-0.4, -0.2) is 48.9 Å². The molecule has 4 rings (SSSR count). The summed E-state index contributed by atoms with van der Waals surface area (Å²) in [5.74, 6) is -2.08. The van der Waals surface area contributed by atoms with Crippen molar-refractivity contribution in [3.05, 3.63) is 28.8 Å². The number of imide groups is 1. The highest BCUT2D eigenvalue weighted by atomic mass is 35.5. The molecule has 7 nitrogen and oxygen atoms in total. The maximum absolute atomic E-state index is 13.1. The second-order valence-corrected chi connectivity index (χ2v) is 7.24. The first kappa shape index (κ1) is 16.5. The number of methoxy groups -OCH3 is 1. The number of fused-ring (bicyclic) bond motifs is 4. The van der Waals surface area contributed by atoms with E-state index in [9.17, 15) is 14.4 Å². The van der Waals surface area contributed by atoms with Crippen LogP contribution in [0, 0.1) is 11.8 Å². The molecule has 4 atom stereocenters. The van der Waals surface area contributed by atoms with Gasteiger partial charge in [0, 0.05) is 12.7 Å². The molecule has 3 N–H and O–H groups in total. The zero-order valence-electron chi connectivity index (χ0n) is 13.9. The van der Waals surface area contributed by atoms with Gasteiger partial charge in [-0.25, -0.2) is 0 Å². The number of rotatable bonds is 3. The Morgan fingerprint density at radius 3 is 2.80 bits per heavy atom. The number of anilines is 1. The molecule has 1 aromatic carbocycles. The van der Waals surface area contributed by atoms with Crippen LogP contribution in [0.4, 0.5) is 5.69 Å². The van der Waals surface area contributed by atoms with Gasteiger partial charge in [-0.1, -0.05) is 17.7 Å². The predicted octanol–water partition coefficient (Wildman–Crippen LogP) is -0.299. The normalized spacial score (nSPS) is 33.2. The predicted molar refractivity (Wildman–Crippen MR) is 88.7 cm³/mol. The summed E-state index contributed by atoms with van der Waals surface area (Å²) in [7, 11) is 1.52. The number of quaternary nitrogens is 1. The van der Waals surface area contributed by atoms with E-state index in [1.807, 2.05) is 12.2 Å². The number of halogens is 1. The van der Waals surface area contributed by atoms with Crippen molar-refractivity contribution in [2.24, 2.45) is 11.8 Å². The van der Waals surface area contributed by atoms with Gasteiger partial charge < -0.3 is 15.4 Å². The lowest BCUT2D eigenvalue weighted by Gasteiger charge is -2.25. The summed E-state index contributed by atoms with van der Waals surface area (Å²) >= 11 is 6.23. The fraction of sp³-hybridized carbons (Fsp3) is 0.471. The number of carbonyl (C=O) groups excluding carboxylic acids is 3. The Bertz CT molecular complexity index is 798. The molecule has 3 aliphatic heterocycles. The SMILES string of the molecule is COCCN1C(=O)[C@H]2[C@@H](C1=O)[C@@]1([NH2+][C@@H]2C)C(=O)Nc2c(Cl)cccc21. The Morgan fingerprint density at radius 2 is 2.08 bits per heavy atom. The van der Waals surface area contributed by atoms with Gasteiger partial charge in [0.15, 0.2) is 0 Å². The number of nitrogens with zero attached hydrogens (tertiary/aromatic N) is 1. The summed E-state index contributed by atoms with van der Waals surface area (Å²) < 4.78 is 5.01. The van der Waals surface area contributed by atoms with Crippen LogP contribution in [0.25, 0.3) is 0 Å². The van der Waals surface area contributed by atoms with Crippen molar-refractivity contribution in [2.45, 2.75) is 18.5 Å². The van der Waals surface area contributed by atoms with E-state index in [4.69, 9.17) is 16.3 Å². The Morgan fingerprint density at radius 1 is 1.32 bits per heavy atom. The zero-order valence-corrected chi connectivity index (χ0v) is 14.7. The van der Waals surface area contributed by atoms with Crippen molar-refractivity contribution < 1.29 is 24.4 Å². The minimum absolute atomic E-state index is 0.190. The first-order valence-corrected chi connectivity index (χ1v) is 8.62. The van der Waals surface area contributed by atoms with Crippen molar-refractivity contribution in [1.29, 1.82) is 0 Å². The second-order valence-electron chi connectivity index (χ2n) is 6.84. The molecule has 3 aliphatic rings. The van der Waals surface area contributed by atoms with Crippen molar-refractivity contribution >= 4 is 35.0 Å². The molecule has 8 heteroatoms. The topological polar surface area (TPSA) is 92.3 Å². The van der Waals surface area contributed by atoms with E-state index in [0.717, 1.165) is 0 Å². The van der Waals surface area contributed by atoms with Crippen LogP contribution >= 0.6 is 11.6 Å². The second kappa shape index (κ2) is 5.52. The molecule has 132 valence electrons. The number of para-hydroxylation sites is 1. The van der Waals surface area contributed by atoms with Gasteiger partial charge in [-0.15, -0.1) is 0 Å². The summed E-state index contributed by atoms with van der Waals surface area (Å²) in [6.07, 6.45) is 0. The van der Waals surface area contributed by atoms with Gasteiger partial charge in [0.2, 0.25) is 17.4 Å². The standard InChI is InChI=1S/C17H18ClN3O4/c1-8-11-12(15(23)21(14(11)22)6-7-25-2)17(20-8)9-4-3-5-10(18)13(9)19-16(17)24/h3-5,8,11-12,20H,6-7H2,1-2H3,(H,19,24)/p+1/t8-,11-,12+,17-/m1/s1. The molecule has 0 unspecified atom stereocenters. The lowest BCUT2D eigenvalue weighted by molar-refractivity contribution is -0.730. The Hall–Kier alpha value is -1.96. The molecule has 0 bridgehead atoms. The Balaban J connectivity index is 1.84. The number of hydrogen-bond acceptors (Lipinski definition) is 4. The smallest absolute Gasteiger partial charge is 0.291 e. The molecule has 0 radical (unpaired) electrons. The summed E-state index contributed by atoms with van der Waals surface area (Å²) in [6, 6.07) is 5.08. The number of nitrogens with two attached hydrogens (primary N) is 1. The van der Waals surface area contributed by atoms with E-state index in [-0.39, 0.29) is 36.9 Å². The quantitative estimate of drug-likeness (QED) is 0.720. The first-order valence-electron chi connectivity index (χ1n) is 8.24. The molecular formula is C17H19ClN3O4+. The van der Waals surface area contributed by atoms with Gasteiger partial charge >= 0.3 is 0 Å². The molecule has 2 saturated heterocycles. The number of benzene rings is 1. The van der Waals surface area contributed by atoms with Crippen molar-refractivity contribution in [3.63, 3.8) is 0 Å².